The minimum absolute atomic E-state index is 0.0679. The summed E-state index contributed by atoms with van der Waals surface area (Å²) in [5.41, 5.74) is 0. The summed E-state index contributed by atoms with van der Waals surface area (Å²) >= 11 is 0. The normalized spacial score (nSPS) is 19.1. The van der Waals surface area contributed by atoms with E-state index < -0.39 is 67.3 Å². The van der Waals surface area contributed by atoms with Gasteiger partial charge in [0.1, 0.15) is 18.8 Å². The number of ether oxygens (including phenoxy) is 5. The van der Waals surface area contributed by atoms with Crippen molar-refractivity contribution in [3.63, 3.8) is 0 Å². The molecule has 0 aliphatic carbocycles. The van der Waals surface area contributed by atoms with Gasteiger partial charge < -0.3 is 39.0 Å². The fraction of sp³-hybridized carbons (Fsp3) is 0.672. The van der Waals surface area contributed by atoms with E-state index >= 15 is 0 Å². The molecule has 0 spiro atoms. The van der Waals surface area contributed by atoms with Gasteiger partial charge in [0.15, 0.2) is 24.6 Å². The predicted octanol–water partition coefficient (Wildman–Crippen LogP) is 14.1. The lowest BCUT2D eigenvalue weighted by atomic mass is 9.98. The third-order valence-corrected chi connectivity index (χ3v) is 12.2. The van der Waals surface area contributed by atoms with Crippen LogP contribution in [0.3, 0.4) is 0 Å². The van der Waals surface area contributed by atoms with Crippen molar-refractivity contribution in [2.45, 2.75) is 250 Å². The van der Waals surface area contributed by atoms with E-state index in [0.29, 0.717) is 25.7 Å². The van der Waals surface area contributed by atoms with E-state index in [-0.39, 0.29) is 25.9 Å². The van der Waals surface area contributed by atoms with Crippen molar-refractivity contribution in [3.05, 3.63) is 97.2 Å². The third-order valence-electron chi connectivity index (χ3n) is 12.2. The van der Waals surface area contributed by atoms with E-state index in [1.807, 2.05) is 18.2 Å². The Morgan fingerprint density at radius 2 is 0.890 bits per heavy atom. The standard InChI is InChI=1S/C61H98O12/c1-4-7-10-13-16-19-22-25-27-30-32-35-38-41-44-47-53(62)69-50-52(71-54(63)48-45-42-39-36-34-31-28-26-23-20-17-14-11-8-5-2)51-70-61-59(57(66)56(65)58(73-61)60(67)68)72-55(64)49-46-43-40-37-33-29-24-21-18-15-12-9-6-3/h7,9-10,12,16,18-19,21,25,27,29,32-33,35,40,43,52,56-59,61,65-66H,4-6,8,11,13-15,17,20,22-24,26,28,30-31,34,36-39,41-42,44-51H2,1-3H3,(H,67,68)/b10-7-,12-9-,19-16-,21-18-,27-25-,33-29-,35-32-,43-40-. The highest BCUT2D eigenvalue weighted by Crippen LogP contribution is 2.26. The maximum atomic E-state index is 13.1. The maximum absolute atomic E-state index is 13.1. The highest BCUT2D eigenvalue weighted by molar-refractivity contribution is 5.74. The van der Waals surface area contributed by atoms with E-state index in [9.17, 15) is 34.5 Å². The molecule has 0 aromatic carbocycles. The highest BCUT2D eigenvalue weighted by atomic mass is 16.7. The average molecular weight is 1020 g/mol. The number of carboxylic acids is 1. The van der Waals surface area contributed by atoms with Crippen LogP contribution in [0.25, 0.3) is 0 Å². The van der Waals surface area contributed by atoms with E-state index in [4.69, 9.17) is 23.7 Å². The fourth-order valence-electron chi connectivity index (χ4n) is 7.90. The molecule has 12 heteroatoms. The molecule has 0 bridgehead atoms. The first-order valence-electron chi connectivity index (χ1n) is 28.2. The predicted molar refractivity (Wildman–Crippen MR) is 294 cm³/mol. The van der Waals surface area contributed by atoms with Gasteiger partial charge in [0.2, 0.25) is 0 Å². The van der Waals surface area contributed by atoms with Gasteiger partial charge in [-0.15, -0.1) is 0 Å². The number of aliphatic hydroxyl groups is 2. The fourth-order valence-corrected chi connectivity index (χ4v) is 7.90. The van der Waals surface area contributed by atoms with Gasteiger partial charge in [0, 0.05) is 19.3 Å². The van der Waals surface area contributed by atoms with Crippen molar-refractivity contribution in [3.8, 4) is 0 Å². The zero-order valence-corrected chi connectivity index (χ0v) is 45.3. The monoisotopic (exact) mass is 1020 g/mol. The van der Waals surface area contributed by atoms with Gasteiger partial charge >= 0.3 is 23.9 Å². The molecule has 0 radical (unpaired) electrons. The van der Waals surface area contributed by atoms with Crippen LogP contribution in [-0.4, -0.2) is 89.2 Å². The van der Waals surface area contributed by atoms with Crippen LogP contribution in [0.4, 0.5) is 0 Å². The molecular weight excluding hydrogens is 925 g/mol. The lowest BCUT2D eigenvalue weighted by molar-refractivity contribution is -0.301. The van der Waals surface area contributed by atoms with Gasteiger partial charge in [0.25, 0.3) is 0 Å². The maximum Gasteiger partial charge on any atom is 0.335 e. The summed E-state index contributed by atoms with van der Waals surface area (Å²) in [6, 6.07) is 0. The smallest absolute Gasteiger partial charge is 0.335 e. The molecule has 12 nitrogen and oxygen atoms in total. The van der Waals surface area contributed by atoms with Gasteiger partial charge in [-0.25, -0.2) is 4.79 Å². The zero-order chi connectivity index (χ0) is 53.3. The third kappa shape index (κ3) is 38.8. The Labute approximate surface area is 441 Å². The quantitative estimate of drug-likeness (QED) is 0.0228. The van der Waals surface area contributed by atoms with Crippen LogP contribution < -0.4 is 0 Å². The summed E-state index contributed by atoms with van der Waals surface area (Å²) in [6.07, 6.45) is 51.2. The number of rotatable bonds is 46. The number of aliphatic hydroxyl groups excluding tert-OH is 2. The number of carbonyl (C=O) groups excluding carboxylic acids is 3. The Balaban J connectivity index is 2.77. The summed E-state index contributed by atoms with van der Waals surface area (Å²) in [5.74, 6) is -3.29. The molecule has 73 heavy (non-hydrogen) atoms. The van der Waals surface area contributed by atoms with E-state index in [2.05, 4.69) is 99.8 Å². The Morgan fingerprint density at radius 3 is 1.37 bits per heavy atom. The SMILES string of the molecule is CC/C=C\C/C=C\C/C=C\C/C=C\CCCCC(=O)OCC(COC1OC(C(=O)O)C(O)C(O)C1OC(=O)CC/C=C\C/C=C\C/C=C\C/C=C\CC)OC(=O)CCCCCCCCCCCCCCCCC. The molecule has 0 aromatic rings. The van der Waals surface area contributed by atoms with Crippen LogP contribution in [0.2, 0.25) is 0 Å². The summed E-state index contributed by atoms with van der Waals surface area (Å²) in [4.78, 5) is 51.0. The molecule has 3 N–H and O–H groups in total. The molecule has 0 amide bonds. The Bertz CT molecular complexity index is 1640. The number of carbonyl (C=O) groups is 4. The first-order valence-corrected chi connectivity index (χ1v) is 28.2. The van der Waals surface area contributed by atoms with Crippen molar-refractivity contribution in [1.82, 2.24) is 0 Å². The van der Waals surface area contributed by atoms with Crippen molar-refractivity contribution in [1.29, 1.82) is 0 Å². The minimum atomic E-state index is -1.93. The number of hydrogen-bond acceptors (Lipinski definition) is 11. The molecule has 6 unspecified atom stereocenters. The summed E-state index contributed by atoms with van der Waals surface area (Å²) < 4.78 is 28.2. The number of esters is 3. The van der Waals surface area contributed by atoms with Crippen LogP contribution in [0.15, 0.2) is 97.2 Å². The van der Waals surface area contributed by atoms with Crippen molar-refractivity contribution < 1.29 is 58.2 Å². The first kappa shape index (κ1) is 66.7. The molecule has 1 heterocycles. The molecule has 1 aliphatic heterocycles. The van der Waals surface area contributed by atoms with Crippen LogP contribution in [0, 0.1) is 0 Å². The van der Waals surface area contributed by atoms with Gasteiger partial charge in [-0.05, 0) is 83.5 Å². The Kier molecular flexibility index (Phi) is 44.4. The lowest BCUT2D eigenvalue weighted by Gasteiger charge is -2.40. The zero-order valence-electron chi connectivity index (χ0n) is 45.3. The number of unbranched alkanes of at least 4 members (excludes halogenated alkanes) is 16. The van der Waals surface area contributed by atoms with Gasteiger partial charge in [-0.1, -0.05) is 208 Å². The largest absolute Gasteiger partial charge is 0.479 e. The van der Waals surface area contributed by atoms with Crippen LogP contribution in [0.5, 0.6) is 0 Å². The molecule has 1 saturated heterocycles. The van der Waals surface area contributed by atoms with Crippen LogP contribution >= 0.6 is 0 Å². The molecule has 1 rings (SSSR count). The van der Waals surface area contributed by atoms with Gasteiger partial charge in [0.05, 0.1) is 6.61 Å². The topological polar surface area (TPSA) is 175 Å². The van der Waals surface area contributed by atoms with Crippen molar-refractivity contribution in [2.24, 2.45) is 0 Å². The second-order valence-corrected chi connectivity index (χ2v) is 18.8. The number of aliphatic carboxylic acids is 1. The van der Waals surface area contributed by atoms with E-state index in [1.165, 1.54) is 70.6 Å². The van der Waals surface area contributed by atoms with Gasteiger partial charge in [-0.3, -0.25) is 14.4 Å². The number of allylic oxidation sites excluding steroid dienone is 16. The van der Waals surface area contributed by atoms with Crippen molar-refractivity contribution >= 4 is 23.9 Å². The molecule has 1 fully saturated rings. The number of hydrogen-bond donors (Lipinski definition) is 3. The second-order valence-electron chi connectivity index (χ2n) is 18.8. The highest BCUT2D eigenvalue weighted by Gasteiger charge is 2.50. The van der Waals surface area contributed by atoms with E-state index in [1.54, 1.807) is 0 Å². The first-order chi connectivity index (χ1) is 35.6. The lowest BCUT2D eigenvalue weighted by Crippen LogP contribution is -2.61. The second kappa shape index (κ2) is 48.6. The molecule has 6 atom stereocenters. The molecule has 414 valence electrons. The van der Waals surface area contributed by atoms with Gasteiger partial charge in [-0.2, -0.15) is 0 Å². The van der Waals surface area contributed by atoms with Crippen molar-refractivity contribution in [2.75, 3.05) is 13.2 Å². The minimum Gasteiger partial charge on any atom is -0.479 e. The van der Waals surface area contributed by atoms with E-state index in [0.717, 1.165) is 77.0 Å². The Hall–Kier alpha value is -4.36. The summed E-state index contributed by atoms with van der Waals surface area (Å²) in [6.45, 7) is 5.68. The summed E-state index contributed by atoms with van der Waals surface area (Å²) in [5, 5.41) is 31.4. The molecule has 1 aliphatic rings. The molecule has 0 aromatic heterocycles. The Morgan fingerprint density at radius 1 is 0.466 bits per heavy atom. The number of carboxylic acid groups (broad SMARTS) is 1. The average Bonchev–Trinajstić information content (AvgIpc) is 3.37. The van der Waals surface area contributed by atoms with Crippen LogP contribution in [-0.2, 0) is 42.9 Å². The van der Waals surface area contributed by atoms with Crippen LogP contribution in [0.1, 0.15) is 213 Å². The summed E-state index contributed by atoms with van der Waals surface area (Å²) in [7, 11) is 0. The molecular formula is C61H98O12. The molecule has 0 saturated carbocycles.